The minimum atomic E-state index is -1.24. The van der Waals surface area contributed by atoms with Crippen LogP contribution in [0.2, 0.25) is 0 Å². The topological polar surface area (TPSA) is 91.2 Å². The van der Waals surface area contributed by atoms with E-state index < -0.39 is 17.2 Å². The summed E-state index contributed by atoms with van der Waals surface area (Å²) in [6.07, 6.45) is 6.60. The zero-order valence-corrected chi connectivity index (χ0v) is 21.6. The fraction of sp³-hybridized carbons (Fsp3) is 0.517. The van der Waals surface area contributed by atoms with Crippen LogP contribution in [0.1, 0.15) is 62.1 Å². The van der Waals surface area contributed by atoms with Gasteiger partial charge in [-0.15, -0.1) is 0 Å². The van der Waals surface area contributed by atoms with Crippen LogP contribution in [0.5, 0.6) is 0 Å². The van der Waals surface area contributed by atoms with Crippen LogP contribution in [0.3, 0.4) is 0 Å². The fourth-order valence-corrected chi connectivity index (χ4v) is 6.96. The van der Waals surface area contributed by atoms with Crippen LogP contribution in [0.4, 0.5) is 8.78 Å². The number of fused-ring (bicyclic) bond motifs is 2. The number of nitrogens with zero attached hydrogens (tertiary/aromatic N) is 2. The Bertz CT molecular complexity index is 1330. The fourth-order valence-electron chi connectivity index (χ4n) is 6.96. The summed E-state index contributed by atoms with van der Waals surface area (Å²) in [5, 5.41) is 20.0. The molecule has 3 fully saturated rings. The summed E-state index contributed by atoms with van der Waals surface area (Å²) >= 11 is 0. The lowest BCUT2D eigenvalue weighted by molar-refractivity contribution is -0.128. The van der Waals surface area contributed by atoms with Crippen LogP contribution in [0, 0.1) is 23.5 Å². The van der Waals surface area contributed by atoms with E-state index in [1.165, 1.54) is 23.8 Å². The highest BCUT2D eigenvalue weighted by molar-refractivity contribution is 5.80. The minimum Gasteiger partial charge on any atom is -0.389 e. The molecule has 4 unspecified atom stereocenters. The summed E-state index contributed by atoms with van der Waals surface area (Å²) in [7, 11) is 1.92. The average molecular weight is 524 g/mol. The van der Waals surface area contributed by atoms with Gasteiger partial charge in [-0.05, 0) is 80.7 Å². The minimum absolute atomic E-state index is 0.0168. The van der Waals surface area contributed by atoms with Gasteiger partial charge >= 0.3 is 0 Å². The summed E-state index contributed by atoms with van der Waals surface area (Å²) in [6, 6.07) is 10.3. The van der Waals surface area contributed by atoms with E-state index in [1.54, 1.807) is 0 Å². The van der Waals surface area contributed by atoms with Gasteiger partial charge in [0, 0.05) is 48.6 Å². The van der Waals surface area contributed by atoms with Crippen molar-refractivity contribution >= 4 is 16.8 Å². The third-order valence-corrected chi connectivity index (χ3v) is 8.86. The number of carbonyl (C=O) groups excluding carboxylic acids is 1. The number of amides is 1. The summed E-state index contributed by atoms with van der Waals surface area (Å²) in [5.74, 6) is -1.10. The maximum Gasteiger partial charge on any atom is 0.223 e. The number of hydrogen-bond donors (Lipinski definition) is 4. The van der Waals surface area contributed by atoms with E-state index in [0.29, 0.717) is 25.3 Å². The van der Waals surface area contributed by atoms with Crippen LogP contribution in [-0.2, 0) is 18.3 Å². The Hall–Kier alpha value is -2.88. The number of benzene rings is 2. The second kappa shape index (κ2) is 10.0. The molecule has 0 bridgehead atoms. The van der Waals surface area contributed by atoms with Crippen molar-refractivity contribution in [2.75, 3.05) is 0 Å². The molecule has 1 saturated heterocycles. The van der Waals surface area contributed by atoms with Crippen molar-refractivity contribution in [3.05, 3.63) is 65.4 Å². The number of aromatic nitrogens is 2. The Balaban J connectivity index is 1.11. The van der Waals surface area contributed by atoms with E-state index in [-0.39, 0.29) is 41.8 Å². The third-order valence-electron chi connectivity index (χ3n) is 8.86. The molecule has 9 heteroatoms. The number of halogens is 2. The highest BCUT2D eigenvalue weighted by Gasteiger charge is 2.44. The first-order valence-electron chi connectivity index (χ1n) is 13.7. The third kappa shape index (κ3) is 4.95. The maximum atomic E-state index is 14.2. The molecular formula is C29H35F2N5O2. The van der Waals surface area contributed by atoms with Crippen molar-refractivity contribution < 1.29 is 18.7 Å². The van der Waals surface area contributed by atoms with Gasteiger partial charge in [-0.3, -0.25) is 14.9 Å². The summed E-state index contributed by atoms with van der Waals surface area (Å²) in [5.41, 5.74) is 7.73. The van der Waals surface area contributed by atoms with Crippen molar-refractivity contribution in [2.45, 2.75) is 75.1 Å². The zero-order valence-electron chi connectivity index (χ0n) is 21.6. The normalized spacial score (nSPS) is 31.3. The number of aliphatic hydroxyl groups is 1. The van der Waals surface area contributed by atoms with E-state index in [9.17, 15) is 18.7 Å². The van der Waals surface area contributed by atoms with Crippen molar-refractivity contribution in [2.24, 2.45) is 18.9 Å². The molecule has 4 N–H and O–H groups in total. The first-order chi connectivity index (χ1) is 18.3. The van der Waals surface area contributed by atoms with Crippen LogP contribution in [0.15, 0.2) is 42.6 Å². The van der Waals surface area contributed by atoms with E-state index in [2.05, 4.69) is 33.4 Å². The Morgan fingerprint density at radius 1 is 1.18 bits per heavy atom. The summed E-state index contributed by atoms with van der Waals surface area (Å²) in [4.78, 5) is 13.4. The molecule has 2 aliphatic carbocycles. The highest BCUT2D eigenvalue weighted by atomic mass is 19.1. The smallest absolute Gasteiger partial charge is 0.223 e. The molecule has 38 heavy (non-hydrogen) atoms. The Kier molecular flexibility index (Phi) is 6.70. The van der Waals surface area contributed by atoms with Crippen molar-refractivity contribution in [1.82, 2.24) is 25.9 Å². The Labute approximate surface area is 221 Å². The Morgan fingerprint density at radius 2 is 2.00 bits per heavy atom. The molecule has 1 aromatic heterocycles. The number of hydrazine groups is 1. The number of carbonyl (C=O) groups is 1. The highest BCUT2D eigenvalue weighted by Crippen LogP contribution is 2.41. The van der Waals surface area contributed by atoms with E-state index in [4.69, 9.17) is 0 Å². The van der Waals surface area contributed by atoms with E-state index >= 15 is 0 Å². The number of nitrogens with one attached hydrogen (secondary N) is 3. The lowest BCUT2D eigenvalue weighted by atomic mass is 9.73. The van der Waals surface area contributed by atoms with Gasteiger partial charge < -0.3 is 10.4 Å². The molecule has 2 aromatic carbocycles. The van der Waals surface area contributed by atoms with Gasteiger partial charge in [0.25, 0.3) is 0 Å². The molecule has 2 heterocycles. The monoisotopic (exact) mass is 523 g/mol. The number of hydrogen-bond acceptors (Lipinski definition) is 5. The van der Waals surface area contributed by atoms with Gasteiger partial charge in [0.05, 0.1) is 17.2 Å². The molecule has 1 aliphatic heterocycles. The molecule has 2 saturated carbocycles. The molecule has 0 spiro atoms. The molecule has 3 aliphatic rings. The van der Waals surface area contributed by atoms with Crippen LogP contribution in [-0.4, -0.2) is 38.5 Å². The standard InChI is InChI=1S/C29H35F2N5O2/c1-36-16-19-12-17(7-9-25(19)35-36)27-21-13-18(8-10-26(21)33-34-27)28(37)32-20-4-3-11-29(38,14-20)15-22-23(30)5-2-6-24(22)31/h2,5-7,9,12,16,18,20-21,26-27,33-34,38H,3-4,8,10-11,13-15H2,1H3,(H,32,37)/t18?,20-,21?,26?,27?,29-/m1/s1. The molecule has 7 nitrogen and oxygen atoms in total. The molecular weight excluding hydrogens is 488 g/mol. The van der Waals surface area contributed by atoms with E-state index in [1.807, 2.05) is 24.0 Å². The molecule has 1 amide bonds. The van der Waals surface area contributed by atoms with Gasteiger partial charge in [-0.25, -0.2) is 14.2 Å². The molecule has 3 aromatic rings. The van der Waals surface area contributed by atoms with Crippen LogP contribution >= 0.6 is 0 Å². The van der Waals surface area contributed by atoms with Crippen LogP contribution in [0.25, 0.3) is 10.9 Å². The lowest BCUT2D eigenvalue weighted by Crippen LogP contribution is -2.49. The van der Waals surface area contributed by atoms with Gasteiger partial charge in [-0.2, -0.15) is 5.10 Å². The van der Waals surface area contributed by atoms with Crippen molar-refractivity contribution in [1.29, 1.82) is 0 Å². The van der Waals surface area contributed by atoms with Crippen LogP contribution < -0.4 is 16.2 Å². The van der Waals surface area contributed by atoms with Gasteiger partial charge in [0.15, 0.2) is 0 Å². The largest absolute Gasteiger partial charge is 0.389 e. The zero-order chi connectivity index (χ0) is 26.4. The summed E-state index contributed by atoms with van der Waals surface area (Å²) < 4.78 is 30.3. The molecule has 6 atom stereocenters. The van der Waals surface area contributed by atoms with Gasteiger partial charge in [0.1, 0.15) is 11.6 Å². The van der Waals surface area contributed by atoms with Gasteiger partial charge in [0.2, 0.25) is 5.91 Å². The van der Waals surface area contributed by atoms with Crippen molar-refractivity contribution in [3.63, 3.8) is 0 Å². The number of rotatable bonds is 5. The molecule has 0 radical (unpaired) electrons. The van der Waals surface area contributed by atoms with Crippen molar-refractivity contribution in [3.8, 4) is 0 Å². The lowest BCUT2D eigenvalue weighted by Gasteiger charge is -2.39. The SMILES string of the molecule is Cn1cc2cc(C3NNC4CCC(C(=O)N[C@@H]5CCC[C@](O)(Cc6c(F)cccc6F)C5)CC43)ccc2n1. The van der Waals surface area contributed by atoms with Gasteiger partial charge in [-0.1, -0.05) is 12.1 Å². The maximum absolute atomic E-state index is 14.2. The first kappa shape index (κ1) is 25.4. The summed E-state index contributed by atoms with van der Waals surface area (Å²) in [6.45, 7) is 0. The second-order valence-corrected chi connectivity index (χ2v) is 11.6. The average Bonchev–Trinajstić information content (AvgIpc) is 3.48. The predicted octanol–water partition coefficient (Wildman–Crippen LogP) is 3.82. The second-order valence-electron chi connectivity index (χ2n) is 11.6. The Morgan fingerprint density at radius 3 is 2.82 bits per heavy atom. The van der Waals surface area contributed by atoms with E-state index in [0.717, 1.165) is 36.6 Å². The quantitative estimate of drug-likeness (QED) is 0.408. The molecule has 6 rings (SSSR count). The predicted molar refractivity (Wildman–Crippen MR) is 140 cm³/mol. The molecule has 202 valence electrons. The first-order valence-corrected chi connectivity index (χ1v) is 13.7. The number of aryl methyl sites for hydroxylation is 1.